The maximum atomic E-state index is 12.9. The standard InChI is InChI=1S/C23H18Cl2F2N2O3S/c1-2-33(31)13-9-7-12(8-10-13)21(30)22-28-16-11-15(24)18(19(25)20(16)29-22)14-5-3-4-6-17(14)32-23(26)27/h3-11,21,23,30H,2H2,1H3,(H,28,29). The molecule has 0 saturated carbocycles. The number of benzene rings is 3. The van der Waals surface area contributed by atoms with E-state index < -0.39 is 23.9 Å². The van der Waals surface area contributed by atoms with Gasteiger partial charge in [-0.1, -0.05) is 53.5 Å². The van der Waals surface area contributed by atoms with Crippen LogP contribution >= 0.6 is 23.2 Å². The van der Waals surface area contributed by atoms with Gasteiger partial charge in [0, 0.05) is 11.1 Å². The van der Waals surface area contributed by atoms with E-state index >= 15 is 0 Å². The number of aliphatic hydroxyl groups excluding tert-OH is 1. The SMILES string of the molecule is CC[S+]([O-])c1ccc(C(O)c2nc3c(Cl)c(-c4ccccc4OC(F)F)c(Cl)cc3[nH]2)cc1. The fourth-order valence-corrected chi connectivity index (χ4v) is 4.95. The quantitative estimate of drug-likeness (QED) is 0.284. The Hall–Kier alpha value is -2.36. The number of nitrogens with one attached hydrogen (secondary N) is 1. The maximum Gasteiger partial charge on any atom is 0.387 e. The van der Waals surface area contributed by atoms with Crippen LogP contribution in [-0.4, -0.2) is 32.0 Å². The number of aliphatic hydroxyl groups is 1. The Bertz CT molecular complexity index is 1280. The highest BCUT2D eigenvalue weighted by Gasteiger charge is 2.22. The Morgan fingerprint density at radius 2 is 1.85 bits per heavy atom. The van der Waals surface area contributed by atoms with Gasteiger partial charge in [0.25, 0.3) is 0 Å². The number of hydrogen-bond donors (Lipinski definition) is 2. The van der Waals surface area contributed by atoms with Gasteiger partial charge in [0.05, 0.1) is 15.6 Å². The van der Waals surface area contributed by atoms with Crippen LogP contribution in [0.1, 0.15) is 24.4 Å². The molecule has 1 heterocycles. The molecule has 0 spiro atoms. The minimum atomic E-state index is -3.01. The zero-order chi connectivity index (χ0) is 23.7. The highest BCUT2D eigenvalue weighted by molar-refractivity contribution is 7.91. The summed E-state index contributed by atoms with van der Waals surface area (Å²) in [6.45, 7) is -1.19. The molecule has 10 heteroatoms. The molecule has 2 unspecified atom stereocenters. The first-order chi connectivity index (χ1) is 15.8. The molecular formula is C23H18Cl2F2N2O3S. The van der Waals surface area contributed by atoms with Crippen molar-refractivity contribution in [2.75, 3.05) is 5.75 Å². The molecule has 0 bridgehead atoms. The average Bonchev–Trinajstić information content (AvgIpc) is 3.23. The number of imidazole rings is 1. The normalized spacial score (nSPS) is 13.5. The minimum absolute atomic E-state index is 0.0731. The summed E-state index contributed by atoms with van der Waals surface area (Å²) in [4.78, 5) is 8.11. The molecule has 0 aliphatic rings. The van der Waals surface area contributed by atoms with Crippen LogP contribution in [0.2, 0.25) is 10.0 Å². The van der Waals surface area contributed by atoms with E-state index in [1.54, 1.807) is 48.5 Å². The fourth-order valence-electron chi connectivity index (χ4n) is 3.47. The molecular weight excluding hydrogens is 493 g/mol. The first-order valence-electron chi connectivity index (χ1n) is 9.88. The number of hydrogen-bond acceptors (Lipinski definition) is 4. The van der Waals surface area contributed by atoms with E-state index in [9.17, 15) is 18.4 Å². The molecule has 4 rings (SSSR count). The zero-order valence-electron chi connectivity index (χ0n) is 17.2. The summed E-state index contributed by atoms with van der Waals surface area (Å²) in [7, 11) is 0. The van der Waals surface area contributed by atoms with Crippen molar-refractivity contribution in [3.8, 4) is 16.9 Å². The maximum absolute atomic E-state index is 12.9. The summed E-state index contributed by atoms with van der Waals surface area (Å²) in [6, 6.07) is 14.5. The van der Waals surface area contributed by atoms with Gasteiger partial charge in [0.1, 0.15) is 28.9 Å². The van der Waals surface area contributed by atoms with E-state index in [2.05, 4.69) is 14.7 Å². The Kier molecular flexibility index (Phi) is 7.11. The lowest BCUT2D eigenvalue weighted by molar-refractivity contribution is -0.0494. The van der Waals surface area contributed by atoms with Crippen LogP contribution in [0.4, 0.5) is 8.78 Å². The first-order valence-corrected chi connectivity index (χ1v) is 12.0. The predicted octanol–water partition coefficient (Wildman–Crippen LogP) is 6.35. The monoisotopic (exact) mass is 510 g/mol. The number of ether oxygens (including phenoxy) is 1. The number of halogens is 4. The van der Waals surface area contributed by atoms with Crippen LogP contribution in [0.5, 0.6) is 5.75 Å². The van der Waals surface area contributed by atoms with Crippen molar-refractivity contribution < 1.29 is 23.2 Å². The Morgan fingerprint density at radius 1 is 1.15 bits per heavy atom. The Balaban J connectivity index is 1.75. The topological polar surface area (TPSA) is 81.2 Å². The molecule has 0 fully saturated rings. The lowest BCUT2D eigenvalue weighted by Crippen LogP contribution is -2.05. The van der Waals surface area contributed by atoms with Crippen molar-refractivity contribution in [3.63, 3.8) is 0 Å². The molecule has 0 aliphatic heterocycles. The summed E-state index contributed by atoms with van der Waals surface area (Å²) in [5.41, 5.74) is 1.92. The number of fused-ring (bicyclic) bond motifs is 1. The molecule has 0 radical (unpaired) electrons. The van der Waals surface area contributed by atoms with Gasteiger partial charge < -0.3 is 19.4 Å². The fraction of sp³-hybridized carbons (Fsp3) is 0.174. The molecule has 5 nitrogen and oxygen atoms in total. The smallest absolute Gasteiger partial charge is 0.387 e. The zero-order valence-corrected chi connectivity index (χ0v) is 19.5. The highest BCUT2D eigenvalue weighted by atomic mass is 35.5. The lowest BCUT2D eigenvalue weighted by atomic mass is 10.0. The van der Waals surface area contributed by atoms with Gasteiger partial charge >= 0.3 is 6.61 Å². The van der Waals surface area contributed by atoms with E-state index in [0.717, 1.165) is 0 Å². The number of alkyl halides is 2. The lowest BCUT2D eigenvalue weighted by Gasteiger charge is -2.13. The molecule has 4 aromatic rings. The van der Waals surface area contributed by atoms with Gasteiger partial charge in [-0.05, 0) is 47.9 Å². The summed E-state index contributed by atoms with van der Waals surface area (Å²) < 4.78 is 42.3. The third-order valence-corrected chi connectivity index (χ3v) is 7.03. The van der Waals surface area contributed by atoms with Gasteiger partial charge in [-0.3, -0.25) is 0 Å². The minimum Gasteiger partial charge on any atom is -0.611 e. The summed E-state index contributed by atoms with van der Waals surface area (Å²) in [5.74, 6) is 0.649. The first kappa shape index (κ1) is 23.8. The predicted molar refractivity (Wildman–Crippen MR) is 126 cm³/mol. The van der Waals surface area contributed by atoms with Crippen molar-refractivity contribution in [1.29, 1.82) is 0 Å². The molecule has 3 aromatic carbocycles. The second-order valence-electron chi connectivity index (χ2n) is 7.05. The van der Waals surface area contributed by atoms with Gasteiger partial charge in [0.15, 0.2) is 4.90 Å². The second kappa shape index (κ2) is 9.87. The van der Waals surface area contributed by atoms with Gasteiger partial charge in [0.2, 0.25) is 0 Å². The van der Waals surface area contributed by atoms with Gasteiger partial charge in [-0.15, -0.1) is 0 Å². The molecule has 1 aromatic heterocycles. The van der Waals surface area contributed by atoms with Gasteiger partial charge in [-0.2, -0.15) is 8.78 Å². The van der Waals surface area contributed by atoms with Crippen LogP contribution in [0.3, 0.4) is 0 Å². The number of nitrogens with zero attached hydrogens (tertiary/aromatic N) is 1. The molecule has 2 atom stereocenters. The Labute approximate surface area is 201 Å². The Morgan fingerprint density at radius 3 is 2.52 bits per heavy atom. The number of aromatic nitrogens is 2. The van der Waals surface area contributed by atoms with E-state index in [1.807, 2.05) is 6.92 Å². The molecule has 0 aliphatic carbocycles. The third kappa shape index (κ3) is 4.81. The number of rotatable bonds is 7. The molecule has 33 heavy (non-hydrogen) atoms. The van der Waals surface area contributed by atoms with Crippen molar-refractivity contribution in [2.45, 2.75) is 24.5 Å². The van der Waals surface area contributed by atoms with Crippen LogP contribution in [0.15, 0.2) is 59.5 Å². The molecule has 0 saturated heterocycles. The van der Waals surface area contributed by atoms with Crippen LogP contribution < -0.4 is 4.74 Å². The van der Waals surface area contributed by atoms with Crippen molar-refractivity contribution >= 4 is 45.4 Å². The highest BCUT2D eigenvalue weighted by Crippen LogP contribution is 2.43. The number of aromatic amines is 1. The van der Waals surface area contributed by atoms with Crippen LogP contribution in [-0.2, 0) is 11.2 Å². The van der Waals surface area contributed by atoms with Crippen LogP contribution in [0, 0.1) is 0 Å². The van der Waals surface area contributed by atoms with Gasteiger partial charge in [-0.25, -0.2) is 4.98 Å². The molecule has 2 N–H and O–H groups in total. The van der Waals surface area contributed by atoms with E-state index in [4.69, 9.17) is 23.2 Å². The molecule has 172 valence electrons. The van der Waals surface area contributed by atoms with Crippen molar-refractivity contribution in [1.82, 2.24) is 9.97 Å². The second-order valence-corrected chi connectivity index (χ2v) is 9.57. The van der Waals surface area contributed by atoms with E-state index in [1.165, 1.54) is 6.07 Å². The average molecular weight is 511 g/mol. The third-order valence-electron chi connectivity index (χ3n) is 5.04. The largest absolute Gasteiger partial charge is 0.611 e. The number of para-hydroxylation sites is 1. The van der Waals surface area contributed by atoms with Crippen LogP contribution in [0.25, 0.3) is 22.2 Å². The number of H-pyrrole nitrogens is 1. The summed E-state index contributed by atoms with van der Waals surface area (Å²) >= 11 is 12.0. The van der Waals surface area contributed by atoms with Crippen molar-refractivity contribution in [2.24, 2.45) is 0 Å². The van der Waals surface area contributed by atoms with E-state index in [0.29, 0.717) is 38.4 Å². The molecule has 0 amide bonds. The van der Waals surface area contributed by atoms with E-state index in [-0.39, 0.29) is 21.6 Å². The summed E-state index contributed by atoms with van der Waals surface area (Å²) in [6.07, 6.45) is -1.10. The summed E-state index contributed by atoms with van der Waals surface area (Å²) in [5, 5.41) is 11.2. The van der Waals surface area contributed by atoms with Crippen molar-refractivity contribution in [3.05, 3.63) is 76.0 Å².